The van der Waals surface area contributed by atoms with Gasteiger partial charge in [0.1, 0.15) is 0 Å². The summed E-state index contributed by atoms with van der Waals surface area (Å²) in [6.45, 7) is 2.45. The summed E-state index contributed by atoms with van der Waals surface area (Å²) in [5.41, 5.74) is 0.599. The molecule has 0 radical (unpaired) electrons. The largest absolute Gasteiger partial charge is 0.462 e. The summed E-state index contributed by atoms with van der Waals surface area (Å²) < 4.78 is 5.21. The predicted molar refractivity (Wildman–Crippen MR) is 102 cm³/mol. The van der Waals surface area contributed by atoms with Crippen LogP contribution in [-0.2, 0) is 15.6 Å². The lowest BCUT2D eigenvalue weighted by Crippen LogP contribution is -2.08. The van der Waals surface area contributed by atoms with E-state index in [1.54, 1.807) is 0 Å². The molecule has 0 saturated heterocycles. The molecule has 0 heterocycles. The zero-order valence-electron chi connectivity index (χ0n) is 14.2. The summed E-state index contributed by atoms with van der Waals surface area (Å²) in [7, 11) is -0.194. The van der Waals surface area contributed by atoms with Gasteiger partial charge < -0.3 is 4.74 Å². The second kappa shape index (κ2) is 8.54. The number of hydrogen-bond acceptors (Lipinski definition) is 2. The van der Waals surface area contributed by atoms with Crippen molar-refractivity contribution in [2.24, 2.45) is 0 Å². The van der Waals surface area contributed by atoms with E-state index in [2.05, 4.69) is 48.5 Å². The van der Waals surface area contributed by atoms with Crippen LogP contribution in [0.2, 0.25) is 0 Å². The molecule has 0 bridgehead atoms. The van der Waals surface area contributed by atoms with Gasteiger partial charge in [-0.3, -0.25) is 0 Å². The first-order valence-corrected chi connectivity index (χ1v) is 9.63. The zero-order valence-corrected chi connectivity index (χ0v) is 15.0. The highest BCUT2D eigenvalue weighted by atomic mass is 32.2. The van der Waals surface area contributed by atoms with Crippen LogP contribution in [0.5, 0.6) is 0 Å². The summed E-state index contributed by atoms with van der Waals surface area (Å²) >= 11 is 0. The lowest BCUT2D eigenvalue weighted by atomic mass is 10.2. The van der Waals surface area contributed by atoms with E-state index in [0.29, 0.717) is 12.2 Å². The van der Waals surface area contributed by atoms with Crippen LogP contribution in [0.15, 0.2) is 99.6 Å². The summed E-state index contributed by atoms with van der Waals surface area (Å²) in [4.78, 5) is 15.7. The van der Waals surface area contributed by atoms with Crippen molar-refractivity contribution in [1.82, 2.24) is 0 Å². The molecule has 2 nitrogen and oxygen atoms in total. The molecule has 3 heteroatoms. The zero-order chi connectivity index (χ0) is 17.5. The number of ether oxygens (including phenoxy) is 1. The van der Waals surface area contributed by atoms with E-state index in [1.165, 1.54) is 14.7 Å². The Labute approximate surface area is 151 Å². The molecule has 0 aliphatic heterocycles. The Morgan fingerprint density at radius 1 is 0.760 bits per heavy atom. The molecule has 0 fully saturated rings. The standard InChI is InChI=1S/C22H21O2S/c1-2-17-24-22(23)18-13-15-21(16-14-18)25(19-9-5-3-6-10-19)20-11-7-4-8-12-20/h3-16H,2,17H2,1H3/q+1. The van der Waals surface area contributed by atoms with Crippen LogP contribution in [0.3, 0.4) is 0 Å². The Morgan fingerprint density at radius 2 is 1.24 bits per heavy atom. The van der Waals surface area contributed by atoms with Gasteiger partial charge in [-0.15, -0.1) is 0 Å². The number of benzene rings is 3. The molecule has 3 aromatic rings. The van der Waals surface area contributed by atoms with Gasteiger partial charge in [-0.05, 0) is 55.0 Å². The second-order valence-electron chi connectivity index (χ2n) is 5.59. The van der Waals surface area contributed by atoms with Crippen molar-refractivity contribution in [3.05, 3.63) is 90.5 Å². The molecular formula is C22H21O2S+. The Kier molecular flexibility index (Phi) is 5.91. The summed E-state index contributed by atoms with van der Waals surface area (Å²) in [5, 5.41) is 0. The maximum atomic E-state index is 12.0. The molecule has 0 aromatic heterocycles. The van der Waals surface area contributed by atoms with E-state index in [-0.39, 0.29) is 16.9 Å². The maximum absolute atomic E-state index is 12.0. The smallest absolute Gasteiger partial charge is 0.338 e. The van der Waals surface area contributed by atoms with Gasteiger partial charge >= 0.3 is 5.97 Å². The number of rotatable bonds is 6. The van der Waals surface area contributed by atoms with E-state index in [0.717, 1.165) is 6.42 Å². The fraction of sp³-hybridized carbons (Fsp3) is 0.136. The third kappa shape index (κ3) is 4.31. The molecule has 3 aromatic carbocycles. The summed E-state index contributed by atoms with van der Waals surface area (Å²) in [5.74, 6) is -0.257. The van der Waals surface area contributed by atoms with Gasteiger partial charge in [0.2, 0.25) is 0 Å². The molecule has 126 valence electrons. The van der Waals surface area contributed by atoms with Crippen LogP contribution in [0.1, 0.15) is 23.7 Å². The van der Waals surface area contributed by atoms with E-state index in [9.17, 15) is 4.79 Å². The monoisotopic (exact) mass is 349 g/mol. The highest BCUT2D eigenvalue weighted by Crippen LogP contribution is 2.31. The third-order valence-corrected chi connectivity index (χ3v) is 5.95. The normalized spacial score (nSPS) is 10.6. The first-order valence-electron chi connectivity index (χ1n) is 8.41. The molecule has 0 aliphatic carbocycles. The third-order valence-electron chi connectivity index (χ3n) is 3.72. The van der Waals surface area contributed by atoms with Gasteiger partial charge in [0, 0.05) is 0 Å². The van der Waals surface area contributed by atoms with Crippen molar-refractivity contribution in [2.75, 3.05) is 6.61 Å². The van der Waals surface area contributed by atoms with E-state index >= 15 is 0 Å². The first kappa shape index (κ1) is 17.3. The Morgan fingerprint density at radius 3 is 1.72 bits per heavy atom. The molecule has 0 unspecified atom stereocenters. The fourth-order valence-corrected chi connectivity index (χ4v) is 4.61. The molecule has 0 atom stereocenters. The molecule has 0 N–H and O–H groups in total. The molecule has 0 amide bonds. The van der Waals surface area contributed by atoms with Gasteiger partial charge in [-0.2, -0.15) is 0 Å². The first-order chi connectivity index (χ1) is 12.3. The number of carbonyl (C=O) groups is 1. The van der Waals surface area contributed by atoms with Crippen LogP contribution >= 0.6 is 0 Å². The van der Waals surface area contributed by atoms with Crippen molar-refractivity contribution in [3.63, 3.8) is 0 Å². The van der Waals surface area contributed by atoms with Gasteiger partial charge in [-0.25, -0.2) is 4.79 Å². The SMILES string of the molecule is CCCOC(=O)c1ccc([S+](c2ccccc2)c2ccccc2)cc1. The Balaban J connectivity index is 1.93. The topological polar surface area (TPSA) is 26.3 Å². The highest BCUT2D eigenvalue weighted by Gasteiger charge is 2.28. The Bertz CT molecular complexity index is 759. The quantitative estimate of drug-likeness (QED) is 0.443. The van der Waals surface area contributed by atoms with Crippen LogP contribution < -0.4 is 0 Å². The lowest BCUT2D eigenvalue weighted by molar-refractivity contribution is 0.0505. The molecule has 3 rings (SSSR count). The highest BCUT2D eigenvalue weighted by molar-refractivity contribution is 7.97. The van der Waals surface area contributed by atoms with Crippen LogP contribution in [0, 0.1) is 0 Å². The minimum absolute atomic E-state index is 0.194. The number of hydrogen-bond donors (Lipinski definition) is 0. The van der Waals surface area contributed by atoms with Crippen molar-refractivity contribution in [2.45, 2.75) is 28.0 Å². The predicted octanol–water partition coefficient (Wildman–Crippen LogP) is 5.35. The van der Waals surface area contributed by atoms with E-state index < -0.39 is 0 Å². The van der Waals surface area contributed by atoms with Crippen molar-refractivity contribution in [3.8, 4) is 0 Å². The van der Waals surface area contributed by atoms with E-state index in [1.807, 2.05) is 43.3 Å². The van der Waals surface area contributed by atoms with Gasteiger partial charge in [0.05, 0.1) is 23.1 Å². The van der Waals surface area contributed by atoms with E-state index in [4.69, 9.17) is 4.74 Å². The van der Waals surface area contributed by atoms with Crippen molar-refractivity contribution >= 4 is 16.9 Å². The number of esters is 1. The Hall–Kier alpha value is -2.52. The minimum atomic E-state index is -0.257. The molecule has 25 heavy (non-hydrogen) atoms. The minimum Gasteiger partial charge on any atom is -0.462 e. The van der Waals surface area contributed by atoms with Crippen LogP contribution in [0.25, 0.3) is 0 Å². The fourth-order valence-electron chi connectivity index (χ4n) is 2.53. The van der Waals surface area contributed by atoms with Gasteiger partial charge in [0.15, 0.2) is 14.7 Å². The molecular weight excluding hydrogens is 328 g/mol. The summed E-state index contributed by atoms with van der Waals surface area (Å²) in [6.07, 6.45) is 0.829. The average Bonchev–Trinajstić information content (AvgIpc) is 2.68. The van der Waals surface area contributed by atoms with Crippen molar-refractivity contribution < 1.29 is 9.53 Å². The molecule has 0 spiro atoms. The van der Waals surface area contributed by atoms with Crippen LogP contribution in [0.4, 0.5) is 0 Å². The second-order valence-corrected chi connectivity index (χ2v) is 7.62. The lowest BCUT2D eigenvalue weighted by Gasteiger charge is -2.08. The molecule has 0 saturated carbocycles. The average molecular weight is 349 g/mol. The number of carbonyl (C=O) groups excluding carboxylic acids is 1. The van der Waals surface area contributed by atoms with Crippen molar-refractivity contribution in [1.29, 1.82) is 0 Å². The van der Waals surface area contributed by atoms with Crippen LogP contribution in [-0.4, -0.2) is 12.6 Å². The maximum Gasteiger partial charge on any atom is 0.338 e. The summed E-state index contributed by atoms with van der Waals surface area (Å²) in [6, 6.07) is 28.7. The molecule has 0 aliphatic rings. The van der Waals surface area contributed by atoms with Gasteiger partial charge in [0.25, 0.3) is 0 Å². The van der Waals surface area contributed by atoms with Gasteiger partial charge in [-0.1, -0.05) is 43.3 Å².